The van der Waals surface area contributed by atoms with Crippen molar-refractivity contribution in [3.63, 3.8) is 0 Å². The van der Waals surface area contributed by atoms with Gasteiger partial charge in [-0.2, -0.15) is 5.26 Å². The summed E-state index contributed by atoms with van der Waals surface area (Å²) in [5.41, 5.74) is 1.31. The number of nitriles is 1. The van der Waals surface area contributed by atoms with Crippen LogP contribution in [-0.2, 0) is 6.54 Å². The molecule has 0 radical (unpaired) electrons. The third-order valence-electron chi connectivity index (χ3n) is 2.47. The van der Waals surface area contributed by atoms with Gasteiger partial charge >= 0.3 is 0 Å². The van der Waals surface area contributed by atoms with Crippen LogP contribution in [0.15, 0.2) is 30.3 Å². The van der Waals surface area contributed by atoms with Gasteiger partial charge in [-0.3, -0.25) is 4.90 Å². The molecule has 0 bridgehead atoms. The molecule has 0 N–H and O–H groups in total. The number of hydrogen-bond donors (Lipinski definition) is 0. The van der Waals surface area contributed by atoms with E-state index in [0.717, 1.165) is 13.1 Å². The maximum absolute atomic E-state index is 8.59. The lowest BCUT2D eigenvalue weighted by Crippen LogP contribution is -2.31. The van der Waals surface area contributed by atoms with E-state index in [9.17, 15) is 0 Å². The molecule has 15 heavy (non-hydrogen) atoms. The molecule has 2 heteroatoms. The number of nitrogens with zero attached hydrogens (tertiary/aromatic N) is 2. The second-order valence-corrected chi connectivity index (χ2v) is 3.96. The Labute approximate surface area is 92.1 Å². The van der Waals surface area contributed by atoms with Crippen LogP contribution in [0.4, 0.5) is 0 Å². The van der Waals surface area contributed by atoms with E-state index in [-0.39, 0.29) is 0 Å². The first-order chi connectivity index (χ1) is 7.24. The summed E-state index contributed by atoms with van der Waals surface area (Å²) in [6.07, 6.45) is 0.602. The average molecular weight is 202 g/mol. The molecule has 80 valence electrons. The summed E-state index contributed by atoms with van der Waals surface area (Å²) in [6.45, 7) is 6.11. The van der Waals surface area contributed by atoms with Gasteiger partial charge in [-0.1, -0.05) is 30.3 Å². The van der Waals surface area contributed by atoms with Crippen LogP contribution in [0.3, 0.4) is 0 Å². The smallest absolute Gasteiger partial charge is 0.0635 e. The molecule has 1 rings (SSSR count). The van der Waals surface area contributed by atoms with Gasteiger partial charge in [0.05, 0.1) is 6.07 Å². The summed E-state index contributed by atoms with van der Waals surface area (Å²) < 4.78 is 0. The Balaban J connectivity index is 2.56. The molecular formula is C13H18N2. The topological polar surface area (TPSA) is 27.0 Å². The number of hydrogen-bond acceptors (Lipinski definition) is 2. The summed E-state index contributed by atoms with van der Waals surface area (Å²) in [6, 6.07) is 13.1. The van der Waals surface area contributed by atoms with Gasteiger partial charge in [0.15, 0.2) is 0 Å². The highest BCUT2D eigenvalue weighted by Gasteiger charge is 2.08. The van der Waals surface area contributed by atoms with Gasteiger partial charge in [0.2, 0.25) is 0 Å². The van der Waals surface area contributed by atoms with Crippen LogP contribution < -0.4 is 0 Å². The van der Waals surface area contributed by atoms with Crippen LogP contribution in [0.25, 0.3) is 0 Å². The molecule has 1 aromatic carbocycles. The number of benzene rings is 1. The molecule has 0 aliphatic rings. The molecule has 0 aliphatic carbocycles. The highest BCUT2D eigenvalue weighted by atomic mass is 15.1. The molecule has 0 heterocycles. The lowest BCUT2D eigenvalue weighted by Gasteiger charge is -2.25. The first-order valence-corrected chi connectivity index (χ1v) is 5.39. The lowest BCUT2D eigenvalue weighted by atomic mass is 10.2. The highest BCUT2D eigenvalue weighted by molar-refractivity contribution is 5.14. The summed E-state index contributed by atoms with van der Waals surface area (Å²) in [5.74, 6) is 0. The Morgan fingerprint density at radius 1 is 1.27 bits per heavy atom. The molecular weight excluding hydrogens is 184 g/mol. The maximum Gasteiger partial charge on any atom is 0.0635 e. The summed E-state index contributed by atoms with van der Waals surface area (Å²) in [7, 11) is 0. The first kappa shape index (κ1) is 11.7. The van der Waals surface area contributed by atoms with Crippen molar-refractivity contribution in [3.05, 3.63) is 35.9 Å². The van der Waals surface area contributed by atoms with Crippen molar-refractivity contribution in [1.29, 1.82) is 5.26 Å². The van der Waals surface area contributed by atoms with Crippen LogP contribution in [-0.4, -0.2) is 17.5 Å². The summed E-state index contributed by atoms with van der Waals surface area (Å²) in [5, 5.41) is 8.59. The first-order valence-electron chi connectivity index (χ1n) is 5.39. The zero-order chi connectivity index (χ0) is 11.1. The third-order valence-corrected chi connectivity index (χ3v) is 2.47. The molecule has 0 aliphatic heterocycles. The maximum atomic E-state index is 8.59. The SMILES string of the molecule is CC(C)N(CCC#N)Cc1ccccc1. The van der Waals surface area contributed by atoms with Crippen molar-refractivity contribution < 1.29 is 0 Å². The second kappa shape index (κ2) is 6.21. The van der Waals surface area contributed by atoms with Crippen molar-refractivity contribution in [3.8, 4) is 6.07 Å². The van der Waals surface area contributed by atoms with Crippen LogP contribution in [0.2, 0.25) is 0 Å². The van der Waals surface area contributed by atoms with Gasteiger partial charge in [0, 0.05) is 25.6 Å². The number of rotatable bonds is 5. The van der Waals surface area contributed by atoms with Gasteiger partial charge in [-0.05, 0) is 19.4 Å². The Morgan fingerprint density at radius 3 is 2.47 bits per heavy atom. The van der Waals surface area contributed by atoms with Gasteiger partial charge < -0.3 is 0 Å². The van der Waals surface area contributed by atoms with E-state index in [1.807, 2.05) is 6.07 Å². The van der Waals surface area contributed by atoms with E-state index >= 15 is 0 Å². The minimum atomic E-state index is 0.485. The Hall–Kier alpha value is -1.33. The van der Waals surface area contributed by atoms with Crippen LogP contribution >= 0.6 is 0 Å². The molecule has 2 nitrogen and oxygen atoms in total. The second-order valence-electron chi connectivity index (χ2n) is 3.96. The minimum Gasteiger partial charge on any atom is -0.296 e. The molecule has 0 saturated heterocycles. The molecule has 0 spiro atoms. The van der Waals surface area contributed by atoms with Gasteiger partial charge in [0.25, 0.3) is 0 Å². The van der Waals surface area contributed by atoms with Crippen LogP contribution in [0.1, 0.15) is 25.8 Å². The van der Waals surface area contributed by atoms with E-state index in [0.29, 0.717) is 12.5 Å². The van der Waals surface area contributed by atoms with Crippen molar-refractivity contribution in [2.75, 3.05) is 6.54 Å². The van der Waals surface area contributed by atoms with Crippen molar-refractivity contribution >= 4 is 0 Å². The zero-order valence-corrected chi connectivity index (χ0v) is 9.48. The third kappa shape index (κ3) is 4.14. The fourth-order valence-electron chi connectivity index (χ4n) is 1.53. The van der Waals surface area contributed by atoms with Gasteiger partial charge in [-0.25, -0.2) is 0 Å². The normalized spacial score (nSPS) is 10.6. The lowest BCUT2D eigenvalue weighted by molar-refractivity contribution is 0.218. The van der Waals surface area contributed by atoms with E-state index in [1.54, 1.807) is 0 Å². The van der Waals surface area contributed by atoms with E-state index in [4.69, 9.17) is 5.26 Å². The average Bonchev–Trinajstić information content (AvgIpc) is 2.25. The molecule has 0 fully saturated rings. The Bertz CT molecular complexity index is 311. The predicted octanol–water partition coefficient (Wildman–Crippen LogP) is 2.81. The van der Waals surface area contributed by atoms with E-state index < -0.39 is 0 Å². The molecule has 0 atom stereocenters. The minimum absolute atomic E-state index is 0.485. The van der Waals surface area contributed by atoms with Crippen molar-refractivity contribution in [2.24, 2.45) is 0 Å². The quantitative estimate of drug-likeness (QED) is 0.734. The predicted molar refractivity (Wildman–Crippen MR) is 62.2 cm³/mol. The van der Waals surface area contributed by atoms with Crippen molar-refractivity contribution in [1.82, 2.24) is 4.90 Å². The Morgan fingerprint density at radius 2 is 1.93 bits per heavy atom. The molecule has 0 unspecified atom stereocenters. The molecule has 1 aromatic rings. The fraction of sp³-hybridized carbons (Fsp3) is 0.462. The monoisotopic (exact) mass is 202 g/mol. The molecule has 0 amide bonds. The zero-order valence-electron chi connectivity index (χ0n) is 9.48. The van der Waals surface area contributed by atoms with Crippen molar-refractivity contribution in [2.45, 2.75) is 32.9 Å². The largest absolute Gasteiger partial charge is 0.296 e. The molecule has 0 saturated carbocycles. The standard InChI is InChI=1S/C13H18N2/c1-12(2)15(10-6-9-14)11-13-7-4-3-5-8-13/h3-5,7-8,12H,6,10-11H2,1-2H3. The van der Waals surface area contributed by atoms with Crippen LogP contribution in [0.5, 0.6) is 0 Å². The van der Waals surface area contributed by atoms with Gasteiger partial charge in [-0.15, -0.1) is 0 Å². The van der Waals surface area contributed by atoms with E-state index in [1.165, 1.54) is 5.56 Å². The molecule has 0 aromatic heterocycles. The fourth-order valence-corrected chi connectivity index (χ4v) is 1.53. The summed E-state index contributed by atoms with van der Waals surface area (Å²) in [4.78, 5) is 2.32. The Kier molecular flexibility index (Phi) is 4.86. The van der Waals surface area contributed by atoms with Gasteiger partial charge in [0.1, 0.15) is 0 Å². The van der Waals surface area contributed by atoms with E-state index in [2.05, 4.69) is 49.1 Å². The highest BCUT2D eigenvalue weighted by Crippen LogP contribution is 2.08. The summed E-state index contributed by atoms with van der Waals surface area (Å²) >= 11 is 0. The van der Waals surface area contributed by atoms with Crippen LogP contribution in [0, 0.1) is 11.3 Å².